The van der Waals surface area contributed by atoms with E-state index in [1.807, 2.05) is 6.07 Å². The molecule has 2 aliphatic rings. The summed E-state index contributed by atoms with van der Waals surface area (Å²) in [7, 11) is 0. The second-order valence-electron chi connectivity index (χ2n) is 5.90. The van der Waals surface area contributed by atoms with Crippen LogP contribution in [0.2, 0.25) is 0 Å². The molecule has 1 atom stereocenters. The number of anilines is 1. The summed E-state index contributed by atoms with van der Waals surface area (Å²) in [6.07, 6.45) is 8.88. The van der Waals surface area contributed by atoms with Crippen molar-refractivity contribution in [3.63, 3.8) is 0 Å². The molecule has 2 N–H and O–H groups in total. The summed E-state index contributed by atoms with van der Waals surface area (Å²) >= 11 is 0. The van der Waals surface area contributed by atoms with Crippen LogP contribution in [0.4, 0.5) is 5.69 Å². The van der Waals surface area contributed by atoms with Crippen molar-refractivity contribution in [1.82, 2.24) is 10.3 Å². The van der Waals surface area contributed by atoms with Crippen LogP contribution in [0.5, 0.6) is 0 Å². The normalized spacial score (nSPS) is 22.4. The van der Waals surface area contributed by atoms with E-state index in [0.29, 0.717) is 17.8 Å². The molecule has 1 aromatic heterocycles. The van der Waals surface area contributed by atoms with Crippen molar-refractivity contribution in [2.24, 2.45) is 0 Å². The first kappa shape index (κ1) is 14.3. The third-order valence-corrected chi connectivity index (χ3v) is 4.24. The van der Waals surface area contributed by atoms with Crippen molar-refractivity contribution >= 4 is 11.6 Å². The van der Waals surface area contributed by atoms with E-state index in [0.717, 1.165) is 44.5 Å². The number of carbonyl (C=O) groups is 1. The zero-order valence-corrected chi connectivity index (χ0v) is 12.3. The quantitative estimate of drug-likeness (QED) is 0.873. The molecule has 0 spiro atoms. The van der Waals surface area contributed by atoms with Crippen LogP contribution in [0.1, 0.15) is 49.0 Å². The molecular weight excluding hydrogens is 266 g/mol. The number of pyridine rings is 1. The van der Waals surface area contributed by atoms with Crippen molar-refractivity contribution in [3.8, 4) is 0 Å². The highest BCUT2D eigenvalue weighted by Gasteiger charge is 2.18. The van der Waals surface area contributed by atoms with Crippen LogP contribution in [-0.4, -0.2) is 36.2 Å². The van der Waals surface area contributed by atoms with Crippen molar-refractivity contribution in [2.75, 3.05) is 18.5 Å². The molecule has 1 unspecified atom stereocenters. The number of nitrogens with one attached hydrogen (secondary N) is 2. The molecule has 1 aliphatic carbocycles. The Morgan fingerprint density at radius 1 is 1.24 bits per heavy atom. The second-order valence-corrected chi connectivity index (χ2v) is 5.90. The number of aromatic nitrogens is 1. The molecule has 3 rings (SSSR count). The lowest BCUT2D eigenvalue weighted by molar-refractivity contribution is 0.0933. The van der Waals surface area contributed by atoms with Crippen LogP contribution in [0.25, 0.3) is 0 Å². The standard InChI is InChI=1S/C16H23N3O2/c20-16(19-12-4-1-2-5-12)15-8-7-13(10-18-15)17-11-14-6-3-9-21-14/h7-8,10,12,14,17H,1-6,9,11H2,(H,19,20). The van der Waals surface area contributed by atoms with Crippen molar-refractivity contribution in [3.05, 3.63) is 24.0 Å². The molecule has 2 fully saturated rings. The third-order valence-electron chi connectivity index (χ3n) is 4.24. The molecule has 5 nitrogen and oxygen atoms in total. The first-order valence-corrected chi connectivity index (χ1v) is 7.93. The average molecular weight is 289 g/mol. The summed E-state index contributed by atoms with van der Waals surface area (Å²) in [6.45, 7) is 1.67. The molecule has 1 amide bonds. The topological polar surface area (TPSA) is 63.2 Å². The molecule has 1 aromatic rings. The fourth-order valence-corrected chi connectivity index (χ4v) is 3.00. The Morgan fingerprint density at radius 2 is 2.10 bits per heavy atom. The predicted octanol–water partition coefficient (Wildman–Crippen LogP) is 2.34. The van der Waals surface area contributed by atoms with Crippen LogP contribution in [0.3, 0.4) is 0 Å². The molecule has 1 saturated carbocycles. The van der Waals surface area contributed by atoms with Gasteiger partial charge in [-0.25, -0.2) is 4.98 Å². The highest BCUT2D eigenvalue weighted by atomic mass is 16.5. The first-order valence-electron chi connectivity index (χ1n) is 7.93. The van der Waals surface area contributed by atoms with Gasteiger partial charge in [0.1, 0.15) is 5.69 Å². The molecule has 21 heavy (non-hydrogen) atoms. The monoisotopic (exact) mass is 289 g/mol. The molecular formula is C16H23N3O2. The van der Waals surface area contributed by atoms with Gasteiger partial charge in [0.2, 0.25) is 0 Å². The van der Waals surface area contributed by atoms with Gasteiger partial charge in [0.25, 0.3) is 5.91 Å². The lowest BCUT2D eigenvalue weighted by Crippen LogP contribution is -2.33. The van der Waals surface area contributed by atoms with Crippen molar-refractivity contribution < 1.29 is 9.53 Å². The second kappa shape index (κ2) is 6.89. The fourth-order valence-electron chi connectivity index (χ4n) is 3.00. The van der Waals surface area contributed by atoms with Crippen LogP contribution in [-0.2, 0) is 4.74 Å². The Morgan fingerprint density at radius 3 is 2.76 bits per heavy atom. The maximum atomic E-state index is 12.1. The molecule has 5 heteroatoms. The molecule has 0 bridgehead atoms. The number of carbonyl (C=O) groups excluding carboxylic acids is 1. The maximum absolute atomic E-state index is 12.1. The van der Waals surface area contributed by atoms with Gasteiger partial charge in [0.15, 0.2) is 0 Å². The largest absolute Gasteiger partial charge is 0.381 e. The lowest BCUT2D eigenvalue weighted by Gasteiger charge is -2.13. The van der Waals surface area contributed by atoms with Gasteiger partial charge in [-0.3, -0.25) is 4.79 Å². The van der Waals surface area contributed by atoms with E-state index >= 15 is 0 Å². The minimum Gasteiger partial charge on any atom is -0.381 e. The van der Waals surface area contributed by atoms with Gasteiger partial charge in [-0.2, -0.15) is 0 Å². The SMILES string of the molecule is O=C(NC1CCCC1)c1ccc(NCC2CCCO2)cn1. The molecule has 1 aliphatic heterocycles. The van der Waals surface area contributed by atoms with E-state index in [-0.39, 0.29) is 5.91 Å². The smallest absolute Gasteiger partial charge is 0.270 e. The highest BCUT2D eigenvalue weighted by Crippen LogP contribution is 2.18. The molecule has 1 saturated heterocycles. The Labute approximate surface area is 125 Å². The summed E-state index contributed by atoms with van der Waals surface area (Å²) in [6, 6.07) is 4.02. The van der Waals surface area contributed by atoms with E-state index in [9.17, 15) is 4.79 Å². The van der Waals surface area contributed by atoms with E-state index in [4.69, 9.17) is 4.74 Å². The number of hydrogen-bond acceptors (Lipinski definition) is 4. The van der Waals surface area contributed by atoms with Crippen LogP contribution in [0.15, 0.2) is 18.3 Å². The van der Waals surface area contributed by atoms with Crippen molar-refractivity contribution in [1.29, 1.82) is 0 Å². The molecule has 0 radical (unpaired) electrons. The summed E-state index contributed by atoms with van der Waals surface area (Å²) in [4.78, 5) is 16.3. The van der Waals surface area contributed by atoms with Gasteiger partial charge in [0.05, 0.1) is 18.0 Å². The Bertz CT molecular complexity index is 463. The Kier molecular flexibility index (Phi) is 4.70. The van der Waals surface area contributed by atoms with E-state index in [1.54, 1.807) is 12.3 Å². The lowest BCUT2D eigenvalue weighted by atomic mass is 10.2. The fraction of sp³-hybridized carbons (Fsp3) is 0.625. The van der Waals surface area contributed by atoms with Crippen molar-refractivity contribution in [2.45, 2.75) is 50.7 Å². The van der Waals surface area contributed by atoms with Gasteiger partial charge < -0.3 is 15.4 Å². The number of nitrogens with zero attached hydrogens (tertiary/aromatic N) is 1. The molecule has 2 heterocycles. The van der Waals surface area contributed by atoms with Gasteiger partial charge in [-0.1, -0.05) is 12.8 Å². The molecule has 0 aromatic carbocycles. The predicted molar refractivity (Wildman–Crippen MR) is 81.4 cm³/mol. The van der Waals surface area contributed by atoms with Gasteiger partial charge >= 0.3 is 0 Å². The summed E-state index contributed by atoms with van der Waals surface area (Å²) in [5.41, 5.74) is 1.42. The van der Waals surface area contributed by atoms with Crippen LogP contribution in [0, 0.1) is 0 Å². The third kappa shape index (κ3) is 3.94. The van der Waals surface area contributed by atoms with Gasteiger partial charge in [0, 0.05) is 19.2 Å². The molecule has 114 valence electrons. The minimum atomic E-state index is -0.0624. The maximum Gasteiger partial charge on any atom is 0.270 e. The summed E-state index contributed by atoms with van der Waals surface area (Å²) in [5, 5.41) is 6.36. The zero-order valence-electron chi connectivity index (χ0n) is 12.3. The first-order chi connectivity index (χ1) is 10.3. The Hall–Kier alpha value is -1.62. The van der Waals surface area contributed by atoms with E-state index < -0.39 is 0 Å². The van der Waals surface area contributed by atoms with Crippen LogP contribution >= 0.6 is 0 Å². The van der Waals surface area contributed by atoms with Crippen LogP contribution < -0.4 is 10.6 Å². The number of ether oxygens (including phenoxy) is 1. The van der Waals surface area contributed by atoms with Gasteiger partial charge in [-0.15, -0.1) is 0 Å². The zero-order chi connectivity index (χ0) is 14.5. The average Bonchev–Trinajstić information content (AvgIpc) is 3.19. The number of rotatable bonds is 5. The number of hydrogen-bond donors (Lipinski definition) is 2. The summed E-state index contributed by atoms with van der Waals surface area (Å²) in [5.74, 6) is -0.0624. The number of amides is 1. The Balaban J connectivity index is 1.49. The summed E-state index contributed by atoms with van der Waals surface area (Å²) < 4.78 is 5.56. The highest BCUT2D eigenvalue weighted by molar-refractivity contribution is 5.92. The van der Waals surface area contributed by atoms with E-state index in [2.05, 4.69) is 15.6 Å². The minimum absolute atomic E-state index is 0.0624. The van der Waals surface area contributed by atoms with Gasteiger partial charge in [-0.05, 0) is 37.8 Å². The van der Waals surface area contributed by atoms with E-state index in [1.165, 1.54) is 12.8 Å².